The summed E-state index contributed by atoms with van der Waals surface area (Å²) in [6.07, 6.45) is 6.98. The van der Waals surface area contributed by atoms with Gasteiger partial charge in [0.1, 0.15) is 7.11 Å². The molecule has 1 aliphatic carbocycles. The molecule has 0 amide bonds. The van der Waals surface area contributed by atoms with Gasteiger partial charge >= 0.3 is 0 Å². The molecule has 9 heavy (non-hydrogen) atoms. The smallest absolute Gasteiger partial charge is 0.106 e. The molecule has 0 saturated heterocycles. The van der Waals surface area contributed by atoms with Crippen molar-refractivity contribution in [1.29, 1.82) is 0 Å². The Morgan fingerprint density at radius 3 is 3.00 bits per heavy atom. The van der Waals surface area contributed by atoms with Crippen molar-refractivity contribution in [2.24, 2.45) is 5.16 Å². The molecule has 1 fully saturated rings. The molecule has 0 heterocycles. The standard InChI is InChI=1S/C7H12NO/c1-9-8-7-5-3-2-4-6-7/h5H,2-4,6H2,1H3. The topological polar surface area (TPSA) is 21.6 Å². The van der Waals surface area contributed by atoms with Crippen LogP contribution in [-0.2, 0) is 4.84 Å². The first-order valence-corrected chi connectivity index (χ1v) is 3.36. The van der Waals surface area contributed by atoms with Crippen molar-refractivity contribution >= 4 is 5.71 Å². The Morgan fingerprint density at radius 1 is 1.56 bits per heavy atom. The largest absolute Gasteiger partial charge is 0.399 e. The molecule has 2 heteroatoms. The minimum absolute atomic E-state index is 1.09. The van der Waals surface area contributed by atoms with Crippen LogP contribution in [0.1, 0.15) is 25.7 Å². The second-order valence-corrected chi connectivity index (χ2v) is 2.22. The van der Waals surface area contributed by atoms with E-state index in [2.05, 4.69) is 16.4 Å². The predicted molar refractivity (Wildman–Crippen MR) is 37.2 cm³/mol. The van der Waals surface area contributed by atoms with E-state index in [1.807, 2.05) is 0 Å². The van der Waals surface area contributed by atoms with Crippen LogP contribution in [0.2, 0.25) is 0 Å². The third-order valence-corrected chi connectivity index (χ3v) is 1.48. The van der Waals surface area contributed by atoms with E-state index in [4.69, 9.17) is 0 Å². The number of hydrogen-bond acceptors (Lipinski definition) is 2. The van der Waals surface area contributed by atoms with E-state index in [9.17, 15) is 0 Å². The van der Waals surface area contributed by atoms with Crippen LogP contribution in [0.4, 0.5) is 0 Å². The van der Waals surface area contributed by atoms with Crippen LogP contribution in [-0.4, -0.2) is 12.8 Å². The first-order chi connectivity index (χ1) is 4.43. The van der Waals surface area contributed by atoms with E-state index >= 15 is 0 Å². The molecule has 0 spiro atoms. The summed E-state index contributed by atoms with van der Waals surface area (Å²) >= 11 is 0. The van der Waals surface area contributed by atoms with Gasteiger partial charge in [-0.15, -0.1) is 0 Å². The summed E-state index contributed by atoms with van der Waals surface area (Å²) in [5.41, 5.74) is 1.11. The first kappa shape index (κ1) is 6.59. The second-order valence-electron chi connectivity index (χ2n) is 2.22. The van der Waals surface area contributed by atoms with Crippen molar-refractivity contribution in [2.75, 3.05) is 7.11 Å². The minimum Gasteiger partial charge on any atom is -0.399 e. The Morgan fingerprint density at radius 2 is 2.44 bits per heavy atom. The fraction of sp³-hybridized carbons (Fsp3) is 0.714. The van der Waals surface area contributed by atoms with Crippen LogP contribution >= 0.6 is 0 Å². The van der Waals surface area contributed by atoms with Gasteiger partial charge in [-0.2, -0.15) is 0 Å². The zero-order valence-corrected chi connectivity index (χ0v) is 5.76. The highest BCUT2D eigenvalue weighted by atomic mass is 16.6. The molecule has 0 aromatic rings. The molecule has 1 aliphatic rings. The highest BCUT2D eigenvalue weighted by molar-refractivity contribution is 5.92. The van der Waals surface area contributed by atoms with Crippen LogP contribution < -0.4 is 0 Å². The monoisotopic (exact) mass is 126 g/mol. The third kappa shape index (κ3) is 2.04. The molecule has 0 bridgehead atoms. The van der Waals surface area contributed by atoms with Gasteiger partial charge in [0.05, 0.1) is 5.71 Å². The quantitative estimate of drug-likeness (QED) is 0.490. The average molecular weight is 126 g/mol. The fourth-order valence-corrected chi connectivity index (χ4v) is 1.02. The fourth-order valence-electron chi connectivity index (χ4n) is 1.02. The van der Waals surface area contributed by atoms with Crippen LogP contribution in [0.15, 0.2) is 5.16 Å². The van der Waals surface area contributed by atoms with Crippen molar-refractivity contribution < 1.29 is 4.84 Å². The lowest BCUT2D eigenvalue weighted by Gasteiger charge is -2.09. The van der Waals surface area contributed by atoms with Crippen molar-refractivity contribution in [3.63, 3.8) is 0 Å². The zero-order valence-electron chi connectivity index (χ0n) is 5.76. The summed E-state index contributed by atoms with van der Waals surface area (Å²) in [4.78, 5) is 4.64. The average Bonchev–Trinajstić information content (AvgIpc) is 1.91. The number of rotatable bonds is 1. The number of hydrogen-bond donors (Lipinski definition) is 0. The van der Waals surface area contributed by atoms with Gasteiger partial charge in [-0.1, -0.05) is 11.6 Å². The molecule has 1 radical (unpaired) electrons. The molecule has 0 aliphatic heterocycles. The minimum atomic E-state index is 1.09. The van der Waals surface area contributed by atoms with Gasteiger partial charge < -0.3 is 4.84 Å². The molecule has 51 valence electrons. The van der Waals surface area contributed by atoms with Gasteiger partial charge in [0.15, 0.2) is 0 Å². The van der Waals surface area contributed by atoms with Gasteiger partial charge in [-0.3, -0.25) is 0 Å². The van der Waals surface area contributed by atoms with E-state index in [0.717, 1.165) is 12.1 Å². The van der Waals surface area contributed by atoms with E-state index in [0.29, 0.717) is 0 Å². The second kappa shape index (κ2) is 3.49. The summed E-state index contributed by atoms with van der Waals surface area (Å²) < 4.78 is 0. The first-order valence-electron chi connectivity index (χ1n) is 3.36. The maximum absolute atomic E-state index is 4.64. The Kier molecular flexibility index (Phi) is 2.55. The SMILES string of the molecule is CON=C1[CH]CCCC1. The third-order valence-electron chi connectivity index (χ3n) is 1.48. The Hall–Kier alpha value is -0.530. The predicted octanol–water partition coefficient (Wildman–Crippen LogP) is 1.77. The molecule has 0 atom stereocenters. The van der Waals surface area contributed by atoms with Gasteiger partial charge in [0, 0.05) is 6.42 Å². The Balaban J connectivity index is 2.30. The molecule has 2 nitrogen and oxygen atoms in total. The van der Waals surface area contributed by atoms with Gasteiger partial charge in [0.25, 0.3) is 0 Å². The van der Waals surface area contributed by atoms with Gasteiger partial charge in [-0.25, -0.2) is 0 Å². The lowest BCUT2D eigenvalue weighted by atomic mass is 9.99. The van der Waals surface area contributed by atoms with Crippen molar-refractivity contribution in [2.45, 2.75) is 25.7 Å². The number of nitrogens with zero attached hydrogens (tertiary/aromatic N) is 1. The van der Waals surface area contributed by atoms with Crippen LogP contribution in [0.5, 0.6) is 0 Å². The molecular weight excluding hydrogens is 114 g/mol. The zero-order chi connectivity index (χ0) is 6.53. The normalized spacial score (nSPS) is 24.3. The highest BCUT2D eigenvalue weighted by Crippen LogP contribution is 2.13. The molecule has 0 aromatic heterocycles. The maximum Gasteiger partial charge on any atom is 0.106 e. The van der Waals surface area contributed by atoms with Crippen LogP contribution in [0.25, 0.3) is 0 Å². The highest BCUT2D eigenvalue weighted by Gasteiger charge is 2.06. The Labute approximate surface area is 55.9 Å². The lowest BCUT2D eigenvalue weighted by Crippen LogP contribution is -2.05. The molecule has 0 unspecified atom stereocenters. The van der Waals surface area contributed by atoms with Crippen molar-refractivity contribution in [3.05, 3.63) is 6.42 Å². The summed E-state index contributed by atoms with van der Waals surface area (Å²) in [6, 6.07) is 0. The number of oxime groups is 1. The van der Waals surface area contributed by atoms with E-state index < -0.39 is 0 Å². The molecule has 0 aromatic carbocycles. The lowest BCUT2D eigenvalue weighted by molar-refractivity contribution is 0.212. The summed E-state index contributed by atoms with van der Waals surface area (Å²) in [5, 5.41) is 3.84. The molecule has 0 N–H and O–H groups in total. The van der Waals surface area contributed by atoms with E-state index in [1.165, 1.54) is 19.3 Å². The van der Waals surface area contributed by atoms with Crippen molar-refractivity contribution in [3.8, 4) is 0 Å². The Bertz CT molecular complexity index is 101. The molecule has 1 saturated carbocycles. The summed E-state index contributed by atoms with van der Waals surface area (Å²) in [6.45, 7) is 0. The van der Waals surface area contributed by atoms with Gasteiger partial charge in [-0.05, 0) is 19.3 Å². The molecular formula is C7H12NO. The van der Waals surface area contributed by atoms with Crippen molar-refractivity contribution in [1.82, 2.24) is 0 Å². The van der Waals surface area contributed by atoms with Crippen LogP contribution in [0, 0.1) is 6.42 Å². The van der Waals surface area contributed by atoms with E-state index in [-0.39, 0.29) is 0 Å². The van der Waals surface area contributed by atoms with E-state index in [1.54, 1.807) is 7.11 Å². The maximum atomic E-state index is 4.64. The summed E-state index contributed by atoms with van der Waals surface area (Å²) in [5.74, 6) is 0. The van der Waals surface area contributed by atoms with Crippen LogP contribution in [0.3, 0.4) is 0 Å². The van der Waals surface area contributed by atoms with Gasteiger partial charge in [0.2, 0.25) is 0 Å². The molecule has 1 rings (SSSR count). The summed E-state index contributed by atoms with van der Waals surface area (Å²) in [7, 11) is 1.59.